The zero-order chi connectivity index (χ0) is 98.9. The van der Waals surface area contributed by atoms with Gasteiger partial charge < -0.3 is 48.8 Å². The van der Waals surface area contributed by atoms with E-state index in [-0.39, 0.29) is 37.9 Å². The van der Waals surface area contributed by atoms with Crippen molar-refractivity contribution >= 4 is 156 Å². The fraction of sp³-hybridized carbons (Fsp3) is 0.236. The van der Waals surface area contributed by atoms with Gasteiger partial charge in [0.1, 0.15) is 41.6 Å². The number of fused-ring (bicyclic) bond motifs is 15. The van der Waals surface area contributed by atoms with Gasteiger partial charge in [-0.2, -0.15) is 26.3 Å². The van der Waals surface area contributed by atoms with Crippen molar-refractivity contribution in [2.24, 2.45) is 0 Å². The van der Waals surface area contributed by atoms with Crippen LogP contribution in [0.3, 0.4) is 0 Å². The third-order valence-electron chi connectivity index (χ3n) is 25.3. The zero-order valence-corrected chi connectivity index (χ0v) is 81.7. The first-order valence-electron chi connectivity index (χ1n) is 45.1. The summed E-state index contributed by atoms with van der Waals surface area (Å²) >= 11 is 22.8. The summed E-state index contributed by atoms with van der Waals surface area (Å²) in [4.78, 5) is 88.0. The Labute approximate surface area is 831 Å². The molecule has 5 aromatic heterocycles. The molecule has 10 heterocycles. The lowest BCUT2D eigenvalue weighted by atomic mass is 9.91. The average Bonchev–Trinajstić information content (AvgIpc) is 1.61. The predicted molar refractivity (Wildman–Crippen MR) is 527 cm³/mol. The van der Waals surface area contributed by atoms with Gasteiger partial charge in [0.15, 0.2) is 11.6 Å². The first-order chi connectivity index (χ1) is 67.2. The van der Waals surface area contributed by atoms with Gasteiger partial charge in [0.25, 0.3) is 0 Å². The van der Waals surface area contributed by atoms with E-state index in [0.717, 1.165) is 162 Å². The molecule has 5 aliphatic heterocycles. The summed E-state index contributed by atoms with van der Waals surface area (Å²) < 4.78 is 159. The number of nitrogens with one attached hydrogen (secondary N) is 5. The van der Waals surface area contributed by atoms with Gasteiger partial charge >= 0.3 is 36.7 Å². The van der Waals surface area contributed by atoms with Gasteiger partial charge in [-0.1, -0.05) is 157 Å². The molecule has 5 amide bonds. The van der Waals surface area contributed by atoms with Crippen LogP contribution in [0.5, 0.6) is 5.75 Å². The number of halogens is 15. The number of carbonyl (C=O) groups excluding carboxylic acids is 5. The van der Waals surface area contributed by atoms with Crippen LogP contribution >= 0.6 is 71.0 Å². The molecular weight excluding hydrogens is 2060 g/mol. The van der Waals surface area contributed by atoms with Gasteiger partial charge in [0.05, 0.1) is 37.0 Å². The van der Waals surface area contributed by atoms with Crippen molar-refractivity contribution in [3.63, 3.8) is 0 Å². The molecule has 5 atom stereocenters. The standard InChI is InChI=1S/C24H19BrN2O2.C22H20ClF3N2O2.C20H16BrF3N2O.C20H17BrF2N2O2.C20H17ClF2N2O2/c25-17-11-12-21-20(15-17)19-13-14-27(24(28)29-18-9-5-2-6-10-18)23(22(19)26-21)16-7-3-1-4-8-16;1-2-10-30-21(29)28-9-8-16-17-12-15(23)6-7-18(17)27-19(16)20(28)13-4-3-5-14(11-13)22(24,25)26;1-11(27)26-8-7-15-16-10-14(21)5-6-17(16)25-18(15)19(26)12-3-2-4-13(9-12)20(22,23)24;1-2-27-20(26)25-8-7-13-14-10-12(21)4-6-17(14)24-18(13)19(25)11-3-5-15(22)16(23)9-11;1-2-27-20(26)25-6-5-15-16-9-12(21)3-4-17(16)24-18(15)19(25)11-7-13(22)10-14(23)8-11/h1-12,15,23,26H,13-14H2;3-7,11-12,20,27H,2,8-10H2,1H3;2-6,9-10,19,25H,7-8H2,1H3;3-6,9-10,19,24H,2,7-8H2,1H3;3-4,7-10,19,24H,2,5-6H2,1H3. The number of nitrogens with zero attached hydrogens (tertiary/aromatic N) is 5. The maximum absolute atomic E-state index is 13.9. The lowest BCUT2D eigenvalue weighted by Crippen LogP contribution is -2.42. The van der Waals surface area contributed by atoms with Crippen LogP contribution < -0.4 is 4.74 Å². The van der Waals surface area contributed by atoms with Crippen LogP contribution in [-0.4, -0.2) is 132 Å². The number of rotatable bonds is 10. The summed E-state index contributed by atoms with van der Waals surface area (Å²) in [5.74, 6) is -2.86. The molecule has 11 aromatic carbocycles. The molecule has 0 bridgehead atoms. The molecule has 21 rings (SSSR count). The van der Waals surface area contributed by atoms with E-state index < -0.39 is 89.2 Å². The number of alkyl halides is 6. The van der Waals surface area contributed by atoms with E-state index in [2.05, 4.69) is 97.0 Å². The summed E-state index contributed by atoms with van der Waals surface area (Å²) in [5.41, 5.74) is 15.2. The summed E-state index contributed by atoms with van der Waals surface area (Å²) in [7, 11) is 0. The Morgan fingerprint density at radius 3 is 1.06 bits per heavy atom. The Morgan fingerprint density at radius 2 is 0.686 bits per heavy atom. The number of hydrogen-bond donors (Lipinski definition) is 5. The Morgan fingerprint density at radius 1 is 0.350 bits per heavy atom. The second-order valence-electron chi connectivity index (χ2n) is 34.0. The van der Waals surface area contributed by atoms with E-state index in [1.54, 1.807) is 60.0 Å². The SMILES string of the molecule is CC(=O)N1CCc2c([nH]c3ccc(Br)cc23)C1c1cccc(C(F)(F)F)c1.CCCOC(=O)N1CCc2c([nH]c3ccc(Cl)cc23)C1c1cccc(C(F)(F)F)c1.CCOC(=O)N1CCc2c([nH]c3ccc(Br)cc23)C1c1ccc(F)c(F)c1.CCOC(=O)N1CCc2c([nH]c3ccc(Cl)cc23)C1c1cc(F)cc(F)c1.O=C(Oc1ccccc1)N1CCc2c([nH]c3ccc(Br)cc23)C1c1ccccc1. The Balaban J connectivity index is 0.000000121. The molecule has 19 nitrogen and oxygen atoms in total. The van der Waals surface area contributed by atoms with Crippen molar-refractivity contribution in [1.29, 1.82) is 0 Å². The molecule has 16 aromatic rings. The Hall–Kier alpha value is -13.0. The summed E-state index contributed by atoms with van der Waals surface area (Å²) in [6.07, 6.45) is -6.91. The molecule has 0 radical (unpaired) electrons. The Kier molecular flexibility index (Phi) is 29.4. The molecule has 0 saturated carbocycles. The summed E-state index contributed by atoms with van der Waals surface area (Å²) in [6.45, 7) is 9.67. The highest BCUT2D eigenvalue weighted by atomic mass is 79.9. The minimum absolute atomic E-state index is 0.164. The number of ether oxygens (including phenoxy) is 4. The Bertz CT molecular complexity index is 7360. The monoisotopic (exact) mass is 2140 g/mol. The van der Waals surface area contributed by atoms with Crippen LogP contribution in [0.4, 0.5) is 63.1 Å². The van der Waals surface area contributed by atoms with E-state index in [0.29, 0.717) is 109 Å². The van der Waals surface area contributed by atoms with Crippen LogP contribution in [0.1, 0.15) is 160 Å². The maximum atomic E-state index is 13.9. The minimum Gasteiger partial charge on any atom is -0.450 e. The molecule has 0 saturated heterocycles. The minimum atomic E-state index is -4.48. The van der Waals surface area contributed by atoms with Gasteiger partial charge in [0, 0.05) is 152 Å². The molecule has 5 unspecified atom stereocenters. The molecular formula is C106H89Br3Cl2F10N10O9. The lowest BCUT2D eigenvalue weighted by Gasteiger charge is -2.35. The van der Waals surface area contributed by atoms with Gasteiger partial charge in [-0.15, -0.1) is 0 Å². The number of H-pyrrole nitrogens is 5. The molecule has 0 fully saturated rings. The van der Waals surface area contributed by atoms with Crippen molar-refractivity contribution in [2.45, 2.75) is 109 Å². The highest BCUT2D eigenvalue weighted by molar-refractivity contribution is 9.11. The van der Waals surface area contributed by atoms with E-state index in [9.17, 15) is 67.9 Å². The first kappa shape index (κ1) is 98.6. The molecule has 34 heteroatoms. The average molecular weight is 2150 g/mol. The first-order valence-corrected chi connectivity index (χ1v) is 48.3. The number of carbonyl (C=O) groups is 5. The third kappa shape index (κ3) is 20.8. The van der Waals surface area contributed by atoms with Gasteiger partial charge in [-0.25, -0.2) is 36.7 Å². The van der Waals surface area contributed by atoms with Crippen LogP contribution in [0, 0.1) is 23.3 Å². The van der Waals surface area contributed by atoms with Gasteiger partial charge in [-0.3, -0.25) is 24.4 Å². The van der Waals surface area contributed by atoms with Crippen LogP contribution in [-0.2, 0) is 63.5 Å². The number of amides is 5. The van der Waals surface area contributed by atoms with E-state index in [1.807, 2.05) is 115 Å². The molecule has 5 N–H and O–H groups in total. The van der Waals surface area contributed by atoms with Crippen LogP contribution in [0.25, 0.3) is 54.5 Å². The second kappa shape index (κ2) is 41.8. The van der Waals surface area contributed by atoms with Crippen molar-refractivity contribution in [2.75, 3.05) is 52.5 Å². The lowest BCUT2D eigenvalue weighted by molar-refractivity contribution is -0.138. The normalized spacial score (nSPS) is 16.5. The van der Waals surface area contributed by atoms with Crippen molar-refractivity contribution in [3.05, 3.63) is 379 Å². The highest BCUT2D eigenvalue weighted by Crippen LogP contribution is 2.48. The van der Waals surface area contributed by atoms with Crippen molar-refractivity contribution < 1.29 is 86.8 Å². The van der Waals surface area contributed by atoms with E-state index in [4.69, 9.17) is 42.1 Å². The number of para-hydroxylation sites is 1. The smallest absolute Gasteiger partial charge is 0.416 e. The van der Waals surface area contributed by atoms with Crippen LogP contribution in [0.15, 0.2) is 250 Å². The highest BCUT2D eigenvalue weighted by Gasteiger charge is 2.43. The number of aromatic amines is 5. The van der Waals surface area contributed by atoms with Gasteiger partial charge in [-0.05, 0) is 260 Å². The largest absolute Gasteiger partial charge is 0.450 e. The molecule has 0 spiro atoms. The molecule has 722 valence electrons. The molecule has 140 heavy (non-hydrogen) atoms. The van der Waals surface area contributed by atoms with Crippen molar-refractivity contribution in [3.8, 4) is 5.75 Å². The number of aromatic nitrogens is 5. The molecule has 0 aliphatic carbocycles. The zero-order valence-electron chi connectivity index (χ0n) is 75.4. The summed E-state index contributed by atoms with van der Waals surface area (Å²) in [6, 6.07) is 62.8. The number of benzene rings is 11. The predicted octanol–water partition coefficient (Wildman–Crippen LogP) is 28.4. The molecule has 5 aliphatic rings. The quantitative estimate of drug-likeness (QED) is 0.0649. The third-order valence-corrected chi connectivity index (χ3v) is 27.3. The topological polar surface area (TPSA) is 217 Å². The van der Waals surface area contributed by atoms with Crippen molar-refractivity contribution in [1.82, 2.24) is 49.4 Å². The number of hydrogen-bond acceptors (Lipinski definition) is 9. The van der Waals surface area contributed by atoms with Crippen LogP contribution in [0.2, 0.25) is 10.0 Å². The summed E-state index contributed by atoms with van der Waals surface area (Å²) in [5, 5.41) is 6.32. The fourth-order valence-corrected chi connectivity index (χ4v) is 20.7. The maximum Gasteiger partial charge on any atom is 0.416 e. The van der Waals surface area contributed by atoms with E-state index >= 15 is 0 Å². The second-order valence-corrected chi connectivity index (χ2v) is 37.6. The van der Waals surface area contributed by atoms with E-state index in [1.165, 1.54) is 58.0 Å². The van der Waals surface area contributed by atoms with Gasteiger partial charge in [0.2, 0.25) is 5.91 Å². The fourth-order valence-electron chi connectivity index (χ4n) is 19.3.